The van der Waals surface area contributed by atoms with Gasteiger partial charge in [0.1, 0.15) is 11.5 Å². The first kappa shape index (κ1) is 25.5. The van der Waals surface area contributed by atoms with Crippen molar-refractivity contribution in [3.8, 4) is 0 Å². The van der Waals surface area contributed by atoms with Crippen LogP contribution in [0.15, 0.2) is 42.5 Å². The van der Waals surface area contributed by atoms with Crippen LogP contribution in [-0.2, 0) is 15.8 Å². The lowest BCUT2D eigenvalue weighted by atomic mass is 10.1. The van der Waals surface area contributed by atoms with Crippen molar-refractivity contribution in [3.63, 3.8) is 0 Å². The molecule has 34 heavy (non-hydrogen) atoms. The van der Waals surface area contributed by atoms with E-state index in [2.05, 4.69) is 21.3 Å². The van der Waals surface area contributed by atoms with Gasteiger partial charge in [0.2, 0.25) is 11.8 Å². The monoisotopic (exact) mass is 495 g/mol. The van der Waals surface area contributed by atoms with E-state index < -0.39 is 41.3 Å². The number of hydrogen-bond acceptors (Lipinski definition) is 6. The number of hydrogen-bond donors (Lipinski definition) is 5. The van der Waals surface area contributed by atoms with Gasteiger partial charge in [-0.3, -0.25) is 19.7 Å². The third-order valence-corrected chi connectivity index (χ3v) is 6.08. The quantitative estimate of drug-likeness (QED) is 0.418. The highest BCUT2D eigenvalue weighted by molar-refractivity contribution is 8.00. The number of halogens is 3. The van der Waals surface area contributed by atoms with Gasteiger partial charge in [0.25, 0.3) is 5.91 Å². The maximum Gasteiger partial charge on any atom is 0.416 e. The van der Waals surface area contributed by atoms with E-state index in [1.807, 2.05) is 32.0 Å². The van der Waals surface area contributed by atoms with Crippen LogP contribution in [0, 0.1) is 13.8 Å². The topological polar surface area (TPSA) is 125 Å². The fourth-order valence-corrected chi connectivity index (χ4v) is 4.03. The molecular weight excluding hydrogens is 471 g/mol. The summed E-state index contributed by atoms with van der Waals surface area (Å²) < 4.78 is 38.0. The molecule has 1 aliphatic rings. The van der Waals surface area contributed by atoms with Crippen LogP contribution in [-0.4, -0.2) is 41.2 Å². The lowest BCUT2D eigenvalue weighted by molar-refractivity contribution is -0.137. The molecule has 3 unspecified atom stereocenters. The Kier molecular flexibility index (Phi) is 7.85. The Morgan fingerprint density at radius 2 is 1.79 bits per heavy atom. The predicted octanol–water partition coefficient (Wildman–Crippen LogP) is 2.08. The first-order valence-corrected chi connectivity index (χ1v) is 11.3. The van der Waals surface area contributed by atoms with Crippen molar-refractivity contribution >= 4 is 35.2 Å². The number of nitrogens with two attached hydrogens (primary N) is 1. The van der Waals surface area contributed by atoms with E-state index in [1.54, 1.807) is 0 Å². The van der Waals surface area contributed by atoms with Gasteiger partial charge < -0.3 is 21.7 Å². The minimum atomic E-state index is -4.52. The minimum absolute atomic E-state index is 0.0284. The zero-order valence-electron chi connectivity index (χ0n) is 18.3. The van der Waals surface area contributed by atoms with Crippen molar-refractivity contribution in [2.75, 3.05) is 11.1 Å². The van der Waals surface area contributed by atoms with Gasteiger partial charge in [0, 0.05) is 11.3 Å². The number of carbonyl (C=O) groups is 3. The fourth-order valence-electron chi connectivity index (χ4n) is 3.19. The molecule has 0 aromatic heterocycles. The second-order valence-electron chi connectivity index (χ2n) is 7.78. The van der Waals surface area contributed by atoms with Gasteiger partial charge in [-0.25, -0.2) is 0 Å². The highest BCUT2D eigenvalue weighted by atomic mass is 32.2. The zero-order chi connectivity index (χ0) is 25.0. The summed E-state index contributed by atoms with van der Waals surface area (Å²) in [6.45, 7) is 3.79. The smallest absolute Gasteiger partial charge is 0.338 e. The van der Waals surface area contributed by atoms with Crippen LogP contribution in [0.25, 0.3) is 0 Å². The second kappa shape index (κ2) is 10.5. The third-order valence-electron chi connectivity index (χ3n) is 5.07. The number of carbonyl (C=O) groups excluding carboxylic acids is 3. The van der Waals surface area contributed by atoms with E-state index in [9.17, 15) is 27.6 Å². The van der Waals surface area contributed by atoms with Gasteiger partial charge in [0.15, 0.2) is 0 Å². The molecule has 0 aliphatic carbocycles. The van der Waals surface area contributed by atoms with Crippen molar-refractivity contribution < 1.29 is 27.6 Å². The Balaban J connectivity index is 1.51. The van der Waals surface area contributed by atoms with Crippen LogP contribution < -0.4 is 27.0 Å². The van der Waals surface area contributed by atoms with E-state index in [-0.39, 0.29) is 17.2 Å². The molecule has 2 aromatic carbocycles. The van der Waals surface area contributed by atoms with E-state index in [1.165, 1.54) is 0 Å². The molecule has 0 saturated carbocycles. The number of amides is 3. The van der Waals surface area contributed by atoms with Crippen LogP contribution in [0.3, 0.4) is 0 Å². The molecule has 1 heterocycles. The molecular formula is C22H24F3N5O3S. The number of anilines is 1. The van der Waals surface area contributed by atoms with Crippen molar-refractivity contribution in [1.82, 2.24) is 16.0 Å². The third kappa shape index (κ3) is 6.49. The Bertz CT molecular complexity index is 1080. The highest BCUT2D eigenvalue weighted by Crippen LogP contribution is 2.29. The van der Waals surface area contributed by atoms with Gasteiger partial charge in [0.05, 0.1) is 17.5 Å². The SMILES string of the molecule is Cc1ccc(C)c(NC(=O)CSC2NC(=O)C(NC(=O)c3ccc(C(F)(F)F)cc3)C(N)N2)c1. The summed E-state index contributed by atoms with van der Waals surface area (Å²) in [5.74, 6) is -1.56. The van der Waals surface area contributed by atoms with Crippen LogP contribution in [0.1, 0.15) is 27.0 Å². The lowest BCUT2D eigenvalue weighted by Gasteiger charge is -2.35. The average molecular weight is 496 g/mol. The molecule has 3 amide bonds. The summed E-state index contributed by atoms with van der Waals surface area (Å²) in [5.41, 5.74) is 7.00. The summed E-state index contributed by atoms with van der Waals surface area (Å²) in [7, 11) is 0. The Morgan fingerprint density at radius 3 is 2.41 bits per heavy atom. The molecule has 2 aromatic rings. The fraction of sp³-hybridized carbons (Fsp3) is 0.318. The van der Waals surface area contributed by atoms with E-state index >= 15 is 0 Å². The number of benzene rings is 2. The number of rotatable bonds is 6. The van der Waals surface area contributed by atoms with Crippen LogP contribution >= 0.6 is 11.8 Å². The van der Waals surface area contributed by atoms with Crippen LogP contribution in [0.2, 0.25) is 0 Å². The molecule has 0 spiro atoms. The molecule has 0 bridgehead atoms. The minimum Gasteiger partial charge on any atom is -0.338 e. The Labute approximate surface area is 198 Å². The van der Waals surface area contributed by atoms with Crippen molar-refractivity contribution in [1.29, 1.82) is 0 Å². The average Bonchev–Trinajstić information content (AvgIpc) is 2.76. The molecule has 12 heteroatoms. The van der Waals surface area contributed by atoms with Crippen LogP contribution in [0.5, 0.6) is 0 Å². The Hall–Kier alpha value is -3.09. The van der Waals surface area contributed by atoms with Crippen LogP contribution in [0.4, 0.5) is 18.9 Å². The molecule has 1 fully saturated rings. The number of alkyl halides is 3. The number of thioether (sulfide) groups is 1. The summed E-state index contributed by atoms with van der Waals surface area (Å²) in [4.78, 5) is 37.2. The largest absolute Gasteiger partial charge is 0.416 e. The van der Waals surface area contributed by atoms with Gasteiger partial charge in [-0.05, 0) is 55.3 Å². The van der Waals surface area contributed by atoms with Gasteiger partial charge in [-0.2, -0.15) is 13.2 Å². The van der Waals surface area contributed by atoms with Crippen molar-refractivity contribution in [2.24, 2.45) is 5.73 Å². The molecule has 182 valence electrons. The van der Waals surface area contributed by atoms with Gasteiger partial charge in [-0.1, -0.05) is 12.1 Å². The maximum absolute atomic E-state index is 12.7. The summed E-state index contributed by atoms with van der Waals surface area (Å²) >= 11 is 1.11. The van der Waals surface area contributed by atoms with E-state index in [0.717, 1.165) is 47.2 Å². The zero-order valence-corrected chi connectivity index (χ0v) is 19.1. The summed E-state index contributed by atoms with van der Waals surface area (Å²) in [6.07, 6.45) is -5.50. The first-order chi connectivity index (χ1) is 15.9. The normalized spacial score (nSPS) is 20.4. The first-order valence-electron chi connectivity index (χ1n) is 10.2. The molecule has 1 saturated heterocycles. The van der Waals surface area contributed by atoms with E-state index in [0.29, 0.717) is 5.69 Å². The summed E-state index contributed by atoms with van der Waals surface area (Å²) in [5, 5.41) is 10.7. The van der Waals surface area contributed by atoms with Gasteiger partial charge >= 0.3 is 6.18 Å². The molecule has 0 radical (unpaired) electrons. The van der Waals surface area contributed by atoms with E-state index in [4.69, 9.17) is 5.73 Å². The van der Waals surface area contributed by atoms with Crippen molar-refractivity contribution in [2.45, 2.75) is 37.7 Å². The lowest BCUT2D eigenvalue weighted by Crippen LogP contribution is -2.70. The molecule has 8 nitrogen and oxygen atoms in total. The van der Waals surface area contributed by atoms with Gasteiger partial charge in [-0.15, -0.1) is 11.8 Å². The molecule has 3 atom stereocenters. The summed E-state index contributed by atoms with van der Waals surface area (Å²) in [6, 6.07) is 8.15. The standard InChI is InChI=1S/C22H24F3N5O3S/c1-11-3-4-12(2)15(9-11)27-16(31)10-34-21-29-18(26)17(20(33)30-21)28-19(32)13-5-7-14(8-6-13)22(23,24)25/h3-9,17-18,21,29H,10,26H2,1-2H3,(H,27,31)(H,28,32)(H,30,33). The number of aryl methyl sites for hydroxylation is 2. The Morgan fingerprint density at radius 1 is 1.12 bits per heavy atom. The second-order valence-corrected chi connectivity index (χ2v) is 8.88. The van der Waals surface area contributed by atoms with Crippen molar-refractivity contribution in [3.05, 3.63) is 64.7 Å². The highest BCUT2D eigenvalue weighted by Gasteiger charge is 2.36. The molecule has 3 rings (SSSR count). The molecule has 1 aliphatic heterocycles. The number of nitrogens with one attached hydrogen (secondary N) is 4. The maximum atomic E-state index is 12.7. The molecule has 6 N–H and O–H groups in total. The predicted molar refractivity (Wildman–Crippen MR) is 123 cm³/mol.